The number of hydrogen-bond acceptors (Lipinski definition) is 3. The third-order valence-corrected chi connectivity index (χ3v) is 6.68. The number of epoxide rings is 1. The third kappa shape index (κ3) is 2.57. The summed E-state index contributed by atoms with van der Waals surface area (Å²) in [7, 11) is 1.81. The molecule has 1 saturated carbocycles. The van der Waals surface area contributed by atoms with Gasteiger partial charge in [-0.05, 0) is 61.5 Å². The van der Waals surface area contributed by atoms with Crippen molar-refractivity contribution in [1.82, 2.24) is 0 Å². The largest absolute Gasteiger partial charge is 0.384 e. The molecule has 0 bridgehead atoms. The fraction of sp³-hybridized carbons (Fsp3) is 0.667. The van der Waals surface area contributed by atoms with Gasteiger partial charge in [0.05, 0.1) is 24.9 Å². The fourth-order valence-corrected chi connectivity index (χ4v) is 5.53. The minimum Gasteiger partial charge on any atom is -0.384 e. The van der Waals surface area contributed by atoms with Crippen molar-refractivity contribution in [1.29, 1.82) is 5.26 Å². The average Bonchev–Trinajstić information content (AvgIpc) is 3.35. The van der Waals surface area contributed by atoms with Gasteiger partial charge in [0.25, 0.3) is 0 Å². The predicted octanol–water partition coefficient (Wildman–Crippen LogP) is 4.31. The van der Waals surface area contributed by atoms with Crippen LogP contribution in [-0.2, 0) is 9.47 Å². The van der Waals surface area contributed by atoms with Gasteiger partial charge in [-0.15, -0.1) is 0 Å². The number of aryl methyl sites for hydroxylation is 1. The SMILES string of the molecule is COC[C@@H]1C[C@@H]2[C@H](CCC3(CO3)[C@H]2CCC#N)c2ccc(C)cc21. The van der Waals surface area contributed by atoms with Gasteiger partial charge in [0.1, 0.15) is 0 Å². The molecule has 0 radical (unpaired) electrons. The zero-order valence-corrected chi connectivity index (χ0v) is 14.8. The van der Waals surface area contributed by atoms with Crippen molar-refractivity contribution in [2.45, 2.75) is 56.5 Å². The summed E-state index contributed by atoms with van der Waals surface area (Å²) in [5.41, 5.74) is 4.48. The van der Waals surface area contributed by atoms with Crippen molar-refractivity contribution in [3.63, 3.8) is 0 Å². The number of benzene rings is 1. The van der Waals surface area contributed by atoms with E-state index in [9.17, 15) is 0 Å². The Morgan fingerprint density at radius 1 is 1.38 bits per heavy atom. The van der Waals surface area contributed by atoms with Gasteiger partial charge in [0, 0.05) is 19.4 Å². The van der Waals surface area contributed by atoms with E-state index in [1.165, 1.54) is 29.5 Å². The van der Waals surface area contributed by atoms with Crippen LogP contribution in [0.25, 0.3) is 0 Å². The van der Waals surface area contributed by atoms with Gasteiger partial charge in [0.15, 0.2) is 0 Å². The molecule has 3 nitrogen and oxygen atoms in total. The molecular weight excluding hydrogens is 298 g/mol. The van der Waals surface area contributed by atoms with Crippen molar-refractivity contribution in [3.05, 3.63) is 34.9 Å². The lowest BCUT2D eigenvalue weighted by Crippen LogP contribution is -2.43. The van der Waals surface area contributed by atoms with Gasteiger partial charge < -0.3 is 9.47 Å². The highest BCUT2D eigenvalue weighted by Gasteiger charge is 2.58. The highest BCUT2D eigenvalue weighted by atomic mass is 16.6. The molecule has 1 aromatic carbocycles. The van der Waals surface area contributed by atoms with Crippen LogP contribution < -0.4 is 0 Å². The molecule has 128 valence electrons. The van der Waals surface area contributed by atoms with E-state index >= 15 is 0 Å². The lowest BCUT2D eigenvalue weighted by molar-refractivity contribution is 0.0524. The van der Waals surface area contributed by atoms with Crippen LogP contribution in [0.15, 0.2) is 18.2 Å². The van der Waals surface area contributed by atoms with Crippen molar-refractivity contribution < 1.29 is 9.47 Å². The molecule has 2 aliphatic carbocycles. The Balaban J connectivity index is 1.70. The smallest absolute Gasteiger partial charge is 0.0947 e. The maximum atomic E-state index is 9.10. The van der Waals surface area contributed by atoms with Gasteiger partial charge in [-0.25, -0.2) is 0 Å². The number of ether oxygens (including phenoxy) is 2. The zero-order chi connectivity index (χ0) is 16.7. The molecule has 4 rings (SSSR count). The lowest BCUT2D eigenvalue weighted by atomic mass is 9.57. The monoisotopic (exact) mass is 325 g/mol. The Morgan fingerprint density at radius 3 is 2.92 bits per heavy atom. The average molecular weight is 325 g/mol. The molecule has 2 fully saturated rings. The van der Waals surface area contributed by atoms with E-state index in [2.05, 4.69) is 31.2 Å². The van der Waals surface area contributed by atoms with Crippen molar-refractivity contribution in [2.24, 2.45) is 11.8 Å². The van der Waals surface area contributed by atoms with E-state index in [-0.39, 0.29) is 5.60 Å². The van der Waals surface area contributed by atoms with Gasteiger partial charge in [0.2, 0.25) is 0 Å². The molecule has 1 heterocycles. The summed E-state index contributed by atoms with van der Waals surface area (Å²) in [4.78, 5) is 0. The molecule has 5 atom stereocenters. The molecule has 3 heteroatoms. The summed E-state index contributed by atoms with van der Waals surface area (Å²) in [6, 6.07) is 9.35. The van der Waals surface area contributed by atoms with E-state index in [1.54, 1.807) is 7.11 Å². The second-order valence-electron chi connectivity index (χ2n) is 7.99. The number of hydrogen-bond donors (Lipinski definition) is 0. The molecule has 1 aliphatic heterocycles. The number of nitrogens with zero attached hydrogens (tertiary/aromatic N) is 1. The fourth-order valence-electron chi connectivity index (χ4n) is 5.53. The van der Waals surface area contributed by atoms with Gasteiger partial charge in [-0.3, -0.25) is 0 Å². The van der Waals surface area contributed by atoms with Gasteiger partial charge in [-0.2, -0.15) is 5.26 Å². The van der Waals surface area contributed by atoms with Gasteiger partial charge in [-0.1, -0.05) is 23.8 Å². The van der Waals surface area contributed by atoms with Crippen molar-refractivity contribution in [3.8, 4) is 6.07 Å². The van der Waals surface area contributed by atoms with Crippen LogP contribution in [0.3, 0.4) is 0 Å². The lowest BCUT2D eigenvalue weighted by Gasteiger charge is -2.47. The summed E-state index contributed by atoms with van der Waals surface area (Å²) in [5.74, 6) is 2.27. The first kappa shape index (κ1) is 16.1. The minimum atomic E-state index is 0.0951. The summed E-state index contributed by atoms with van der Waals surface area (Å²) in [6.45, 7) is 3.88. The Kier molecular flexibility index (Phi) is 4.14. The van der Waals surface area contributed by atoms with E-state index in [0.29, 0.717) is 30.1 Å². The maximum Gasteiger partial charge on any atom is 0.0947 e. The zero-order valence-electron chi connectivity index (χ0n) is 14.8. The number of nitriles is 1. The second kappa shape index (κ2) is 6.17. The van der Waals surface area contributed by atoms with E-state index in [1.807, 2.05) is 0 Å². The maximum absolute atomic E-state index is 9.10. The van der Waals surface area contributed by atoms with Crippen LogP contribution in [0.1, 0.15) is 60.6 Å². The molecule has 1 saturated heterocycles. The van der Waals surface area contributed by atoms with Crippen LogP contribution in [0.5, 0.6) is 0 Å². The molecule has 1 spiro atoms. The van der Waals surface area contributed by atoms with Crippen LogP contribution >= 0.6 is 0 Å². The van der Waals surface area contributed by atoms with Crippen LogP contribution in [0.2, 0.25) is 0 Å². The number of fused-ring (bicyclic) bond motifs is 3. The molecule has 0 amide bonds. The first-order chi connectivity index (χ1) is 11.7. The van der Waals surface area contributed by atoms with Crippen LogP contribution in [-0.4, -0.2) is 25.9 Å². The molecular formula is C21H27NO2. The molecule has 0 aromatic heterocycles. The Morgan fingerprint density at radius 2 is 2.21 bits per heavy atom. The summed E-state index contributed by atoms with van der Waals surface area (Å²) in [6.07, 6.45) is 5.19. The molecule has 1 unspecified atom stereocenters. The van der Waals surface area contributed by atoms with Crippen LogP contribution in [0.4, 0.5) is 0 Å². The van der Waals surface area contributed by atoms with E-state index in [4.69, 9.17) is 14.7 Å². The topological polar surface area (TPSA) is 45.5 Å². The van der Waals surface area contributed by atoms with Crippen molar-refractivity contribution >= 4 is 0 Å². The summed E-state index contributed by atoms with van der Waals surface area (Å²) >= 11 is 0. The molecule has 3 aliphatic rings. The standard InChI is InChI=1S/C21H27NO2/c1-14-5-6-16-17-7-8-21(13-24-21)20(4-3-9-22)19(17)11-15(12-23-2)18(16)10-14/h5-6,10,15,17,19-20H,3-4,7-8,11-13H2,1-2H3/t15-,17+,19+,20-,21?/m0/s1. The molecule has 1 aromatic rings. The highest BCUT2D eigenvalue weighted by Crippen LogP contribution is 2.59. The first-order valence-electron chi connectivity index (χ1n) is 9.29. The normalized spacial score (nSPS) is 36.7. The van der Waals surface area contributed by atoms with Crippen LogP contribution in [0, 0.1) is 30.1 Å². The number of methoxy groups -OCH3 is 1. The Labute approximate surface area is 145 Å². The summed E-state index contributed by atoms with van der Waals surface area (Å²) < 4.78 is 11.5. The Bertz CT molecular complexity index is 658. The quantitative estimate of drug-likeness (QED) is 0.775. The molecule has 0 N–H and O–H groups in total. The predicted molar refractivity (Wildman–Crippen MR) is 92.9 cm³/mol. The molecule has 24 heavy (non-hydrogen) atoms. The van der Waals surface area contributed by atoms with E-state index < -0.39 is 0 Å². The Hall–Kier alpha value is -1.37. The van der Waals surface area contributed by atoms with Crippen molar-refractivity contribution in [2.75, 3.05) is 20.3 Å². The van der Waals surface area contributed by atoms with Gasteiger partial charge >= 0.3 is 0 Å². The highest BCUT2D eigenvalue weighted by molar-refractivity contribution is 5.40. The third-order valence-electron chi connectivity index (χ3n) is 6.68. The summed E-state index contributed by atoms with van der Waals surface area (Å²) in [5, 5.41) is 9.10. The minimum absolute atomic E-state index is 0.0951. The second-order valence-corrected chi connectivity index (χ2v) is 7.99. The van der Waals surface area contributed by atoms with E-state index in [0.717, 1.165) is 26.1 Å². The number of rotatable bonds is 4. The first-order valence-corrected chi connectivity index (χ1v) is 9.29.